The predicted octanol–water partition coefficient (Wildman–Crippen LogP) is 2.15. The molecule has 0 saturated heterocycles. The molecule has 0 aliphatic rings. The highest BCUT2D eigenvalue weighted by Gasteiger charge is 2.06. The van der Waals surface area contributed by atoms with Crippen molar-refractivity contribution < 1.29 is 9.90 Å². The molecule has 0 saturated carbocycles. The largest absolute Gasteiger partial charge is 0.481 e. The van der Waals surface area contributed by atoms with E-state index in [1.165, 1.54) is 6.20 Å². The van der Waals surface area contributed by atoms with Crippen LogP contribution in [-0.4, -0.2) is 20.9 Å². The molecule has 1 heterocycles. The number of rotatable bonds is 3. The molecule has 0 unspecified atom stereocenters. The average Bonchev–Trinajstić information content (AvgIpc) is 2.66. The summed E-state index contributed by atoms with van der Waals surface area (Å²) in [4.78, 5) is 10.5. The summed E-state index contributed by atoms with van der Waals surface area (Å²) in [6.07, 6.45) is 3.15. The number of aromatic nitrogens is 2. The molecule has 16 heavy (non-hydrogen) atoms. The molecular formula is C11H9ClN2O2. The minimum Gasteiger partial charge on any atom is -0.481 e. The third kappa shape index (κ3) is 2.23. The smallest absolute Gasteiger partial charge is 0.307 e. The summed E-state index contributed by atoms with van der Waals surface area (Å²) in [7, 11) is 0. The first-order valence-electron chi connectivity index (χ1n) is 4.67. The summed E-state index contributed by atoms with van der Waals surface area (Å²) in [5.74, 6) is -0.876. The lowest BCUT2D eigenvalue weighted by Gasteiger charge is -2.02. The Morgan fingerprint density at radius 2 is 2.19 bits per heavy atom. The number of hydrogen-bond donors (Lipinski definition) is 1. The first-order chi connectivity index (χ1) is 7.66. The zero-order chi connectivity index (χ0) is 11.5. The fourth-order valence-corrected chi connectivity index (χ4v) is 1.62. The zero-order valence-corrected chi connectivity index (χ0v) is 9.05. The van der Waals surface area contributed by atoms with Crippen molar-refractivity contribution in [3.8, 4) is 5.69 Å². The van der Waals surface area contributed by atoms with E-state index in [4.69, 9.17) is 16.7 Å². The Kier molecular flexibility index (Phi) is 2.92. The Bertz CT molecular complexity index is 522. The fraction of sp³-hybridized carbons (Fsp3) is 0.0909. The topological polar surface area (TPSA) is 55.1 Å². The van der Waals surface area contributed by atoms with Crippen LogP contribution >= 0.6 is 11.6 Å². The Morgan fingerprint density at radius 3 is 2.88 bits per heavy atom. The van der Waals surface area contributed by atoms with E-state index in [9.17, 15) is 4.79 Å². The average molecular weight is 237 g/mol. The van der Waals surface area contributed by atoms with Gasteiger partial charge in [0.2, 0.25) is 0 Å². The highest BCUT2D eigenvalue weighted by Crippen LogP contribution is 2.19. The van der Waals surface area contributed by atoms with Gasteiger partial charge >= 0.3 is 5.97 Å². The van der Waals surface area contributed by atoms with Crippen molar-refractivity contribution in [2.24, 2.45) is 0 Å². The molecule has 1 N–H and O–H groups in total. The van der Waals surface area contributed by atoms with Gasteiger partial charge in [-0.1, -0.05) is 23.7 Å². The Morgan fingerprint density at radius 1 is 1.44 bits per heavy atom. The van der Waals surface area contributed by atoms with Crippen molar-refractivity contribution in [1.82, 2.24) is 9.78 Å². The summed E-state index contributed by atoms with van der Waals surface area (Å²) in [6.45, 7) is 0. The standard InChI is InChI=1S/C11H9ClN2O2/c12-9-3-1-2-4-10(9)14-7-8(6-13-14)5-11(15)16/h1-4,6-7H,5H2,(H,15,16). The minimum absolute atomic E-state index is 0.0372. The molecule has 0 fully saturated rings. The lowest BCUT2D eigenvalue weighted by atomic mass is 10.2. The number of carboxylic acids is 1. The van der Waals surface area contributed by atoms with Gasteiger partial charge in [0.15, 0.2) is 0 Å². The van der Waals surface area contributed by atoms with Crippen LogP contribution in [0.2, 0.25) is 5.02 Å². The van der Waals surface area contributed by atoms with Gasteiger partial charge in [0.05, 0.1) is 23.3 Å². The molecule has 2 aromatic rings. The number of nitrogens with zero attached hydrogens (tertiary/aromatic N) is 2. The van der Waals surface area contributed by atoms with Crippen molar-refractivity contribution in [2.45, 2.75) is 6.42 Å². The van der Waals surface area contributed by atoms with Gasteiger partial charge in [-0.05, 0) is 12.1 Å². The van der Waals surface area contributed by atoms with Gasteiger partial charge in [0, 0.05) is 11.8 Å². The van der Waals surface area contributed by atoms with E-state index < -0.39 is 5.97 Å². The molecule has 2 rings (SSSR count). The molecule has 82 valence electrons. The van der Waals surface area contributed by atoms with Crippen LogP contribution in [0, 0.1) is 0 Å². The number of carboxylic acid groups (broad SMARTS) is 1. The second-order valence-electron chi connectivity index (χ2n) is 3.32. The quantitative estimate of drug-likeness (QED) is 0.889. The SMILES string of the molecule is O=C(O)Cc1cnn(-c2ccccc2Cl)c1. The first-order valence-corrected chi connectivity index (χ1v) is 5.05. The second kappa shape index (κ2) is 4.37. The van der Waals surface area contributed by atoms with Crippen molar-refractivity contribution in [1.29, 1.82) is 0 Å². The fourth-order valence-electron chi connectivity index (χ4n) is 1.40. The molecule has 1 aromatic heterocycles. The van der Waals surface area contributed by atoms with Crippen LogP contribution in [0.5, 0.6) is 0 Å². The minimum atomic E-state index is -0.876. The third-order valence-corrected chi connectivity index (χ3v) is 2.41. The van der Waals surface area contributed by atoms with E-state index in [0.717, 1.165) is 5.69 Å². The van der Waals surface area contributed by atoms with E-state index in [0.29, 0.717) is 10.6 Å². The van der Waals surface area contributed by atoms with Crippen LogP contribution < -0.4 is 0 Å². The molecule has 4 nitrogen and oxygen atoms in total. The Labute approximate surface area is 97.1 Å². The highest BCUT2D eigenvalue weighted by atomic mass is 35.5. The molecule has 1 aromatic carbocycles. The molecule has 5 heteroatoms. The van der Waals surface area contributed by atoms with Crippen LogP contribution in [0.25, 0.3) is 5.69 Å². The molecule has 0 radical (unpaired) electrons. The van der Waals surface area contributed by atoms with E-state index in [2.05, 4.69) is 5.10 Å². The van der Waals surface area contributed by atoms with E-state index in [1.807, 2.05) is 18.2 Å². The summed E-state index contributed by atoms with van der Waals surface area (Å²) in [5.41, 5.74) is 1.38. The van der Waals surface area contributed by atoms with Gasteiger partial charge in [-0.3, -0.25) is 4.79 Å². The number of para-hydroxylation sites is 1. The van der Waals surface area contributed by atoms with Gasteiger partial charge in [0.1, 0.15) is 0 Å². The van der Waals surface area contributed by atoms with Crippen molar-refractivity contribution in [2.75, 3.05) is 0 Å². The van der Waals surface area contributed by atoms with Crippen molar-refractivity contribution in [3.05, 3.63) is 47.2 Å². The van der Waals surface area contributed by atoms with Gasteiger partial charge in [-0.25, -0.2) is 4.68 Å². The van der Waals surface area contributed by atoms with Gasteiger partial charge in [0.25, 0.3) is 0 Å². The summed E-state index contributed by atoms with van der Waals surface area (Å²) >= 11 is 6.00. The number of hydrogen-bond acceptors (Lipinski definition) is 2. The maximum atomic E-state index is 10.5. The number of aliphatic carboxylic acids is 1. The number of carbonyl (C=O) groups is 1. The van der Waals surface area contributed by atoms with Crippen LogP contribution in [0.4, 0.5) is 0 Å². The zero-order valence-electron chi connectivity index (χ0n) is 8.30. The maximum absolute atomic E-state index is 10.5. The molecule has 0 aliphatic heterocycles. The molecule has 0 amide bonds. The first kappa shape index (κ1) is 10.7. The third-order valence-electron chi connectivity index (χ3n) is 2.09. The lowest BCUT2D eigenvalue weighted by molar-refractivity contribution is -0.136. The van der Waals surface area contributed by atoms with E-state index >= 15 is 0 Å². The van der Waals surface area contributed by atoms with Crippen LogP contribution in [-0.2, 0) is 11.2 Å². The molecule has 0 aliphatic carbocycles. The van der Waals surface area contributed by atoms with Gasteiger partial charge in [-0.15, -0.1) is 0 Å². The van der Waals surface area contributed by atoms with Crippen LogP contribution in [0.15, 0.2) is 36.7 Å². The normalized spacial score (nSPS) is 10.3. The maximum Gasteiger partial charge on any atom is 0.307 e. The number of benzene rings is 1. The summed E-state index contributed by atoms with van der Waals surface area (Å²) in [6, 6.07) is 7.25. The Balaban J connectivity index is 2.32. The van der Waals surface area contributed by atoms with Crippen molar-refractivity contribution >= 4 is 17.6 Å². The highest BCUT2D eigenvalue weighted by molar-refractivity contribution is 6.32. The van der Waals surface area contributed by atoms with Gasteiger partial charge < -0.3 is 5.11 Å². The molecule has 0 spiro atoms. The predicted molar refractivity (Wildman–Crippen MR) is 59.9 cm³/mol. The van der Waals surface area contributed by atoms with Crippen LogP contribution in [0.1, 0.15) is 5.56 Å². The second-order valence-corrected chi connectivity index (χ2v) is 3.72. The molecule has 0 atom stereocenters. The summed E-state index contributed by atoms with van der Waals surface area (Å²) in [5, 5.41) is 13.3. The van der Waals surface area contributed by atoms with Gasteiger partial charge in [-0.2, -0.15) is 5.10 Å². The Hall–Kier alpha value is -1.81. The molecular weight excluding hydrogens is 228 g/mol. The van der Waals surface area contributed by atoms with Crippen molar-refractivity contribution in [3.63, 3.8) is 0 Å². The summed E-state index contributed by atoms with van der Waals surface area (Å²) < 4.78 is 1.57. The number of halogens is 1. The van der Waals surface area contributed by atoms with E-state index in [-0.39, 0.29) is 6.42 Å². The molecule has 0 bridgehead atoms. The van der Waals surface area contributed by atoms with E-state index in [1.54, 1.807) is 16.9 Å². The lowest BCUT2D eigenvalue weighted by Crippen LogP contribution is -1.99. The monoisotopic (exact) mass is 236 g/mol. The van der Waals surface area contributed by atoms with Crippen LogP contribution in [0.3, 0.4) is 0 Å².